The van der Waals surface area contributed by atoms with Gasteiger partial charge in [0.15, 0.2) is 0 Å². The Morgan fingerprint density at radius 2 is 1.82 bits per heavy atom. The number of para-hydroxylation sites is 1. The van der Waals surface area contributed by atoms with Crippen molar-refractivity contribution >= 4 is 5.91 Å². The first kappa shape index (κ1) is 14.6. The van der Waals surface area contributed by atoms with E-state index in [1.54, 1.807) is 7.11 Å². The first-order valence-electron chi connectivity index (χ1n) is 7.38. The normalized spacial score (nSPS) is 21.2. The molecule has 1 unspecified atom stereocenters. The van der Waals surface area contributed by atoms with Crippen LogP contribution in [0.25, 0.3) is 0 Å². The minimum atomic E-state index is -0.272. The maximum Gasteiger partial charge on any atom is 0.246 e. The molecule has 1 amide bonds. The minimum Gasteiger partial charge on any atom is -0.496 e. The van der Waals surface area contributed by atoms with Gasteiger partial charge in [-0.15, -0.1) is 0 Å². The van der Waals surface area contributed by atoms with Crippen LogP contribution >= 0.6 is 0 Å². The summed E-state index contributed by atoms with van der Waals surface area (Å²) in [5.74, 6) is 0.444. The Labute approximate surface area is 129 Å². The van der Waals surface area contributed by atoms with E-state index in [1.807, 2.05) is 54.6 Å². The van der Waals surface area contributed by atoms with E-state index in [1.165, 1.54) is 0 Å². The Balaban J connectivity index is 1.93. The van der Waals surface area contributed by atoms with Gasteiger partial charge in [0.1, 0.15) is 5.75 Å². The van der Waals surface area contributed by atoms with Crippen molar-refractivity contribution < 1.29 is 14.7 Å². The van der Waals surface area contributed by atoms with Gasteiger partial charge in [-0.3, -0.25) is 10.0 Å². The monoisotopic (exact) mass is 297 g/mol. The van der Waals surface area contributed by atoms with Gasteiger partial charge < -0.3 is 4.74 Å². The Morgan fingerprint density at radius 3 is 2.55 bits per heavy atom. The van der Waals surface area contributed by atoms with Gasteiger partial charge in [0.2, 0.25) is 5.91 Å². The lowest BCUT2D eigenvalue weighted by Gasteiger charge is -2.24. The van der Waals surface area contributed by atoms with Crippen LogP contribution in [-0.2, 0) is 11.2 Å². The highest BCUT2D eigenvalue weighted by molar-refractivity contribution is 5.79. The summed E-state index contributed by atoms with van der Waals surface area (Å²) in [6.45, 7) is 0. The highest BCUT2D eigenvalue weighted by Crippen LogP contribution is 2.39. The highest BCUT2D eigenvalue weighted by atomic mass is 16.5. The quantitative estimate of drug-likeness (QED) is 0.883. The van der Waals surface area contributed by atoms with E-state index in [-0.39, 0.29) is 17.9 Å². The zero-order chi connectivity index (χ0) is 15.5. The molecule has 22 heavy (non-hydrogen) atoms. The number of rotatable bonds is 4. The molecule has 4 heteroatoms. The van der Waals surface area contributed by atoms with Gasteiger partial charge in [0.25, 0.3) is 0 Å². The SMILES string of the molecule is COc1ccccc1C1CC(=O)N(O)[C@H]1Cc1ccccc1. The van der Waals surface area contributed by atoms with Gasteiger partial charge in [-0.2, -0.15) is 0 Å². The number of nitrogens with zero attached hydrogens (tertiary/aromatic N) is 1. The summed E-state index contributed by atoms with van der Waals surface area (Å²) in [6, 6.07) is 17.3. The lowest BCUT2D eigenvalue weighted by atomic mass is 9.87. The van der Waals surface area contributed by atoms with Crippen molar-refractivity contribution in [2.75, 3.05) is 7.11 Å². The third kappa shape index (κ3) is 2.70. The van der Waals surface area contributed by atoms with Crippen LogP contribution < -0.4 is 4.74 Å². The topological polar surface area (TPSA) is 49.8 Å². The van der Waals surface area contributed by atoms with Crippen LogP contribution in [0.2, 0.25) is 0 Å². The lowest BCUT2D eigenvalue weighted by Crippen LogP contribution is -2.33. The van der Waals surface area contributed by atoms with Crippen molar-refractivity contribution in [3.05, 3.63) is 65.7 Å². The zero-order valence-corrected chi connectivity index (χ0v) is 12.5. The molecular weight excluding hydrogens is 278 g/mol. The minimum absolute atomic E-state index is 0.0751. The predicted octanol–water partition coefficient (Wildman–Crippen LogP) is 3.01. The van der Waals surface area contributed by atoms with Crippen molar-refractivity contribution in [2.45, 2.75) is 24.8 Å². The summed E-state index contributed by atoms with van der Waals surface area (Å²) in [4.78, 5) is 12.0. The van der Waals surface area contributed by atoms with E-state index >= 15 is 0 Å². The number of hydrogen-bond acceptors (Lipinski definition) is 3. The molecule has 2 aromatic carbocycles. The second-order valence-corrected chi connectivity index (χ2v) is 5.55. The fourth-order valence-electron chi connectivity index (χ4n) is 3.15. The molecule has 3 rings (SSSR count). The molecule has 0 aliphatic carbocycles. The van der Waals surface area contributed by atoms with E-state index in [2.05, 4.69) is 0 Å². The largest absolute Gasteiger partial charge is 0.496 e. The predicted molar refractivity (Wildman–Crippen MR) is 82.9 cm³/mol. The van der Waals surface area contributed by atoms with Gasteiger partial charge in [-0.05, 0) is 23.6 Å². The molecule has 1 N–H and O–H groups in total. The van der Waals surface area contributed by atoms with E-state index in [0.29, 0.717) is 12.8 Å². The van der Waals surface area contributed by atoms with Gasteiger partial charge in [0, 0.05) is 12.3 Å². The number of hydrogen-bond donors (Lipinski definition) is 1. The van der Waals surface area contributed by atoms with Crippen molar-refractivity contribution in [2.24, 2.45) is 0 Å². The third-order valence-electron chi connectivity index (χ3n) is 4.25. The van der Waals surface area contributed by atoms with Crippen LogP contribution in [0.4, 0.5) is 0 Å². The summed E-state index contributed by atoms with van der Waals surface area (Å²) in [5.41, 5.74) is 2.07. The Bertz CT molecular complexity index is 656. The number of carbonyl (C=O) groups is 1. The van der Waals surface area contributed by atoms with Crippen molar-refractivity contribution in [3.63, 3.8) is 0 Å². The van der Waals surface area contributed by atoms with Crippen LogP contribution in [0.5, 0.6) is 5.75 Å². The highest BCUT2D eigenvalue weighted by Gasteiger charge is 2.41. The van der Waals surface area contributed by atoms with E-state index < -0.39 is 0 Å². The zero-order valence-electron chi connectivity index (χ0n) is 12.5. The average molecular weight is 297 g/mol. The molecule has 0 radical (unpaired) electrons. The number of benzene rings is 2. The van der Waals surface area contributed by atoms with Crippen molar-refractivity contribution in [3.8, 4) is 5.75 Å². The van der Waals surface area contributed by atoms with Crippen LogP contribution in [0.15, 0.2) is 54.6 Å². The van der Waals surface area contributed by atoms with E-state index in [4.69, 9.17) is 4.74 Å². The van der Waals surface area contributed by atoms with Crippen molar-refractivity contribution in [1.82, 2.24) is 5.06 Å². The molecule has 2 atom stereocenters. The fraction of sp³-hybridized carbons (Fsp3) is 0.278. The third-order valence-corrected chi connectivity index (χ3v) is 4.25. The van der Waals surface area contributed by atoms with Gasteiger partial charge in [-0.1, -0.05) is 48.5 Å². The molecule has 1 aliphatic rings. The van der Waals surface area contributed by atoms with Crippen LogP contribution in [-0.4, -0.2) is 29.3 Å². The molecular formula is C18H19NO3. The molecule has 0 spiro atoms. The summed E-state index contributed by atoms with van der Waals surface area (Å²) in [5, 5.41) is 11.1. The van der Waals surface area contributed by atoms with Gasteiger partial charge >= 0.3 is 0 Å². The Hall–Kier alpha value is -2.33. The Kier molecular flexibility index (Phi) is 4.11. The number of amides is 1. The number of hydroxylamine groups is 2. The summed E-state index contributed by atoms with van der Waals surface area (Å²) in [7, 11) is 1.62. The smallest absolute Gasteiger partial charge is 0.246 e. The molecule has 1 fully saturated rings. The second-order valence-electron chi connectivity index (χ2n) is 5.55. The lowest BCUT2D eigenvalue weighted by molar-refractivity contribution is -0.165. The van der Waals surface area contributed by atoms with Crippen LogP contribution in [0.3, 0.4) is 0 Å². The number of methoxy groups -OCH3 is 1. The number of ether oxygens (including phenoxy) is 1. The Morgan fingerprint density at radius 1 is 1.14 bits per heavy atom. The fourth-order valence-corrected chi connectivity index (χ4v) is 3.15. The first-order chi connectivity index (χ1) is 10.7. The second kappa shape index (κ2) is 6.20. The molecule has 1 heterocycles. The van der Waals surface area contributed by atoms with Crippen LogP contribution in [0.1, 0.15) is 23.5 Å². The summed E-state index contributed by atoms with van der Waals surface area (Å²) in [6.07, 6.45) is 0.917. The van der Waals surface area contributed by atoms with Gasteiger partial charge in [-0.25, -0.2) is 5.06 Å². The molecule has 0 saturated carbocycles. The maximum atomic E-state index is 12.0. The van der Waals surface area contributed by atoms with Crippen LogP contribution in [0, 0.1) is 0 Å². The summed E-state index contributed by atoms with van der Waals surface area (Å²) < 4.78 is 5.42. The summed E-state index contributed by atoms with van der Waals surface area (Å²) >= 11 is 0. The molecule has 0 aromatic heterocycles. The van der Waals surface area contributed by atoms with E-state index in [9.17, 15) is 10.0 Å². The molecule has 114 valence electrons. The van der Waals surface area contributed by atoms with E-state index in [0.717, 1.165) is 21.9 Å². The molecule has 1 saturated heterocycles. The number of carbonyl (C=O) groups excluding carboxylic acids is 1. The molecule has 1 aliphatic heterocycles. The molecule has 0 bridgehead atoms. The first-order valence-corrected chi connectivity index (χ1v) is 7.38. The molecule has 4 nitrogen and oxygen atoms in total. The van der Waals surface area contributed by atoms with Crippen molar-refractivity contribution in [1.29, 1.82) is 0 Å². The maximum absolute atomic E-state index is 12.0. The average Bonchev–Trinajstić information content (AvgIpc) is 2.84. The van der Waals surface area contributed by atoms with Gasteiger partial charge in [0.05, 0.1) is 13.2 Å². The molecule has 2 aromatic rings. The standard InChI is InChI=1S/C18H19NO3/c1-22-17-10-6-5-9-14(17)15-12-18(20)19(21)16(15)11-13-7-3-2-4-8-13/h2-10,15-16,21H,11-12H2,1H3/t15?,16-/m0/s1.